The lowest BCUT2D eigenvalue weighted by atomic mass is 10.2. The maximum Gasteiger partial charge on any atom is 0.156 e. The van der Waals surface area contributed by atoms with Crippen LogP contribution in [0.5, 0.6) is 0 Å². The number of nitrogens with zero attached hydrogens (tertiary/aromatic N) is 1. The molecule has 1 aromatic rings. The van der Waals surface area contributed by atoms with Gasteiger partial charge >= 0.3 is 0 Å². The molecule has 0 unspecified atom stereocenters. The van der Waals surface area contributed by atoms with Crippen LogP contribution < -0.4 is 5.32 Å². The van der Waals surface area contributed by atoms with Gasteiger partial charge in [0, 0.05) is 17.3 Å². The second-order valence-electron chi connectivity index (χ2n) is 3.02. The molecule has 0 amide bonds. The number of halogens is 1. The molecule has 1 N–H and O–H groups in total. The summed E-state index contributed by atoms with van der Waals surface area (Å²) in [5.74, 6) is 1.10. The number of nitrogens with one attached hydrogen (secondary N) is 1. The Hall–Kier alpha value is -0.670. The Kier molecular flexibility index (Phi) is 3.32. The first kappa shape index (κ1) is 9.87. The lowest BCUT2D eigenvalue weighted by Gasteiger charge is -2.04. The van der Waals surface area contributed by atoms with Crippen LogP contribution in [0, 0.1) is 0 Å². The Morgan fingerprint density at radius 2 is 2.14 bits per heavy atom. The van der Waals surface area contributed by atoms with Gasteiger partial charge in [-0.05, 0) is 17.7 Å². The number of thioether (sulfide) groups is 1. The molecule has 2 nitrogen and oxygen atoms in total. The Morgan fingerprint density at radius 3 is 2.79 bits per heavy atom. The van der Waals surface area contributed by atoms with E-state index in [1.807, 2.05) is 24.3 Å². The Morgan fingerprint density at radius 1 is 1.36 bits per heavy atom. The van der Waals surface area contributed by atoms with E-state index in [9.17, 15) is 0 Å². The Labute approximate surface area is 92.8 Å². The van der Waals surface area contributed by atoms with Crippen LogP contribution in [0.1, 0.15) is 5.56 Å². The maximum atomic E-state index is 5.79. The van der Waals surface area contributed by atoms with Crippen molar-refractivity contribution in [3.63, 3.8) is 0 Å². The summed E-state index contributed by atoms with van der Waals surface area (Å²) in [6, 6.07) is 7.86. The zero-order valence-electron chi connectivity index (χ0n) is 7.66. The van der Waals surface area contributed by atoms with Gasteiger partial charge < -0.3 is 5.32 Å². The van der Waals surface area contributed by atoms with E-state index < -0.39 is 0 Å². The SMILES string of the molecule is Clc1ccc(CNC2=NCCS2)cc1. The van der Waals surface area contributed by atoms with Crippen LogP contribution in [-0.4, -0.2) is 17.5 Å². The van der Waals surface area contributed by atoms with Gasteiger partial charge in [0.1, 0.15) is 0 Å². The summed E-state index contributed by atoms with van der Waals surface area (Å²) in [5.41, 5.74) is 1.23. The van der Waals surface area contributed by atoms with Crippen molar-refractivity contribution in [1.82, 2.24) is 5.32 Å². The molecular formula is C10H11ClN2S. The highest BCUT2D eigenvalue weighted by Gasteiger charge is 2.05. The zero-order valence-corrected chi connectivity index (χ0v) is 9.24. The van der Waals surface area contributed by atoms with Crippen molar-refractivity contribution in [2.24, 2.45) is 4.99 Å². The van der Waals surface area contributed by atoms with E-state index in [0.29, 0.717) is 0 Å². The first-order chi connectivity index (χ1) is 6.84. The van der Waals surface area contributed by atoms with E-state index >= 15 is 0 Å². The van der Waals surface area contributed by atoms with E-state index in [4.69, 9.17) is 11.6 Å². The number of hydrogen-bond acceptors (Lipinski definition) is 3. The molecule has 0 aliphatic carbocycles. The summed E-state index contributed by atoms with van der Waals surface area (Å²) in [4.78, 5) is 4.31. The Balaban J connectivity index is 1.88. The van der Waals surface area contributed by atoms with Crippen LogP contribution in [0.4, 0.5) is 0 Å². The zero-order chi connectivity index (χ0) is 9.80. The molecule has 0 saturated heterocycles. The van der Waals surface area contributed by atoms with Crippen LogP contribution in [0.25, 0.3) is 0 Å². The molecule has 0 bridgehead atoms. The van der Waals surface area contributed by atoms with Crippen molar-refractivity contribution in [2.45, 2.75) is 6.54 Å². The molecule has 2 rings (SSSR count). The maximum absolute atomic E-state index is 5.79. The van der Waals surface area contributed by atoms with Gasteiger partial charge in [0.25, 0.3) is 0 Å². The lowest BCUT2D eigenvalue weighted by molar-refractivity contribution is 0.923. The molecule has 0 spiro atoms. The van der Waals surface area contributed by atoms with E-state index in [1.54, 1.807) is 11.8 Å². The highest BCUT2D eigenvalue weighted by Crippen LogP contribution is 2.12. The van der Waals surface area contributed by atoms with Gasteiger partial charge in [-0.3, -0.25) is 4.99 Å². The summed E-state index contributed by atoms with van der Waals surface area (Å²) in [6.45, 7) is 1.76. The van der Waals surface area contributed by atoms with Crippen molar-refractivity contribution >= 4 is 28.5 Å². The van der Waals surface area contributed by atoms with E-state index in [0.717, 1.165) is 29.0 Å². The quantitative estimate of drug-likeness (QED) is 0.838. The van der Waals surface area contributed by atoms with Crippen molar-refractivity contribution in [1.29, 1.82) is 0 Å². The summed E-state index contributed by atoms with van der Waals surface area (Å²) in [7, 11) is 0. The molecule has 0 radical (unpaired) electrons. The molecule has 1 aliphatic heterocycles. The monoisotopic (exact) mass is 226 g/mol. The molecule has 74 valence electrons. The first-order valence-corrected chi connectivity index (χ1v) is 5.86. The molecule has 1 aromatic carbocycles. The number of benzene rings is 1. The van der Waals surface area contributed by atoms with Gasteiger partial charge in [-0.1, -0.05) is 35.5 Å². The third-order valence-corrected chi connectivity index (χ3v) is 3.13. The largest absolute Gasteiger partial charge is 0.361 e. The predicted octanol–water partition coefficient (Wildman–Crippen LogP) is 2.53. The minimum absolute atomic E-state index is 0.779. The van der Waals surface area contributed by atoms with E-state index in [1.165, 1.54) is 5.56 Å². The molecule has 0 saturated carbocycles. The van der Waals surface area contributed by atoms with E-state index in [2.05, 4.69) is 10.3 Å². The third-order valence-electron chi connectivity index (χ3n) is 1.94. The van der Waals surface area contributed by atoms with Gasteiger partial charge in [0.2, 0.25) is 0 Å². The molecule has 1 heterocycles. The standard InChI is InChI=1S/C10H11ClN2S/c11-9-3-1-8(2-4-9)7-13-10-12-5-6-14-10/h1-4H,5-7H2,(H,12,13). The van der Waals surface area contributed by atoms with Gasteiger partial charge in [0.15, 0.2) is 5.17 Å². The van der Waals surface area contributed by atoms with Crippen molar-refractivity contribution in [3.05, 3.63) is 34.9 Å². The Bertz CT molecular complexity index is 334. The van der Waals surface area contributed by atoms with Crippen LogP contribution in [-0.2, 0) is 6.54 Å². The summed E-state index contributed by atoms with van der Waals surface area (Å²) in [5, 5.41) is 5.12. The van der Waals surface area contributed by atoms with Crippen molar-refractivity contribution in [3.8, 4) is 0 Å². The van der Waals surface area contributed by atoms with Crippen molar-refractivity contribution in [2.75, 3.05) is 12.3 Å². The topological polar surface area (TPSA) is 24.4 Å². The fourth-order valence-electron chi connectivity index (χ4n) is 1.22. The van der Waals surface area contributed by atoms with Crippen LogP contribution in [0.15, 0.2) is 29.3 Å². The molecule has 14 heavy (non-hydrogen) atoms. The van der Waals surface area contributed by atoms with Crippen LogP contribution in [0.3, 0.4) is 0 Å². The molecule has 0 fully saturated rings. The minimum atomic E-state index is 0.779. The molecule has 0 atom stereocenters. The number of rotatable bonds is 2. The predicted molar refractivity (Wildman–Crippen MR) is 63.1 cm³/mol. The van der Waals surface area contributed by atoms with Gasteiger partial charge in [0.05, 0.1) is 6.54 Å². The summed E-state index contributed by atoms with van der Waals surface area (Å²) in [6.07, 6.45) is 0. The first-order valence-electron chi connectivity index (χ1n) is 4.50. The lowest BCUT2D eigenvalue weighted by Crippen LogP contribution is -2.17. The highest BCUT2D eigenvalue weighted by molar-refractivity contribution is 8.14. The summed E-state index contributed by atoms with van der Waals surface area (Å²) >= 11 is 7.57. The molecular weight excluding hydrogens is 216 g/mol. The van der Waals surface area contributed by atoms with E-state index in [-0.39, 0.29) is 0 Å². The van der Waals surface area contributed by atoms with Gasteiger partial charge in [-0.2, -0.15) is 0 Å². The second kappa shape index (κ2) is 4.71. The van der Waals surface area contributed by atoms with Gasteiger partial charge in [-0.25, -0.2) is 0 Å². The fourth-order valence-corrected chi connectivity index (χ4v) is 2.08. The minimum Gasteiger partial charge on any atom is -0.361 e. The highest BCUT2D eigenvalue weighted by atomic mass is 35.5. The van der Waals surface area contributed by atoms with Crippen LogP contribution in [0.2, 0.25) is 5.02 Å². The van der Waals surface area contributed by atoms with Crippen LogP contribution >= 0.6 is 23.4 Å². The van der Waals surface area contributed by atoms with Crippen molar-refractivity contribution < 1.29 is 0 Å². The molecule has 1 aliphatic rings. The average Bonchev–Trinajstić information content (AvgIpc) is 2.70. The smallest absolute Gasteiger partial charge is 0.156 e. The fraction of sp³-hybridized carbons (Fsp3) is 0.300. The van der Waals surface area contributed by atoms with Gasteiger partial charge in [-0.15, -0.1) is 0 Å². The third kappa shape index (κ3) is 2.66. The number of hydrogen-bond donors (Lipinski definition) is 1. The summed E-state index contributed by atoms with van der Waals surface area (Å²) < 4.78 is 0. The second-order valence-corrected chi connectivity index (χ2v) is 4.54. The molecule has 4 heteroatoms. The number of aliphatic imine (C=N–C) groups is 1. The molecule has 0 aromatic heterocycles. The number of amidine groups is 1. The normalized spacial score (nSPS) is 15.4. The average molecular weight is 227 g/mol.